The number of halogens is 2. The van der Waals surface area contributed by atoms with Crippen LogP contribution in [0.1, 0.15) is 25.8 Å². The standard InChI is InChI=1S/C14H19ClFN/c1-11(2)17-9-5-3-4-6-12-10-13(15)7-8-14(12)16/h3-4,7-8,10-11,17H,5-6,9H2,1-2H3/b4-3+. The molecule has 1 aromatic rings. The monoisotopic (exact) mass is 255 g/mol. The van der Waals surface area contributed by atoms with E-state index in [1.165, 1.54) is 6.07 Å². The first-order valence-electron chi connectivity index (χ1n) is 5.92. The molecule has 1 rings (SSSR count). The van der Waals surface area contributed by atoms with E-state index < -0.39 is 0 Å². The topological polar surface area (TPSA) is 12.0 Å². The Labute approximate surface area is 108 Å². The summed E-state index contributed by atoms with van der Waals surface area (Å²) in [5.74, 6) is -0.195. The first kappa shape index (κ1) is 14.2. The first-order valence-corrected chi connectivity index (χ1v) is 6.29. The molecule has 0 spiro atoms. The van der Waals surface area contributed by atoms with Crippen molar-refractivity contribution in [2.24, 2.45) is 0 Å². The predicted octanol–water partition coefficient (Wildman–Crippen LogP) is 3.97. The van der Waals surface area contributed by atoms with Crippen LogP contribution in [-0.2, 0) is 6.42 Å². The van der Waals surface area contributed by atoms with E-state index in [1.807, 2.05) is 6.08 Å². The van der Waals surface area contributed by atoms with Gasteiger partial charge in [0.15, 0.2) is 0 Å². The van der Waals surface area contributed by atoms with Gasteiger partial charge in [-0.1, -0.05) is 37.6 Å². The Morgan fingerprint density at radius 3 is 2.82 bits per heavy atom. The minimum atomic E-state index is -0.195. The number of hydrogen-bond acceptors (Lipinski definition) is 1. The Bertz CT molecular complexity index is 374. The third-order valence-electron chi connectivity index (χ3n) is 2.38. The van der Waals surface area contributed by atoms with Crippen LogP contribution in [-0.4, -0.2) is 12.6 Å². The highest BCUT2D eigenvalue weighted by Gasteiger charge is 2.00. The maximum Gasteiger partial charge on any atom is 0.126 e. The van der Waals surface area contributed by atoms with Gasteiger partial charge in [0.1, 0.15) is 5.82 Å². The summed E-state index contributed by atoms with van der Waals surface area (Å²) in [5.41, 5.74) is 0.644. The Hall–Kier alpha value is -0.860. The van der Waals surface area contributed by atoms with Crippen LogP contribution < -0.4 is 5.32 Å². The number of hydrogen-bond donors (Lipinski definition) is 1. The molecule has 17 heavy (non-hydrogen) atoms. The van der Waals surface area contributed by atoms with Crippen LogP contribution >= 0.6 is 11.6 Å². The molecule has 0 aliphatic carbocycles. The highest BCUT2D eigenvalue weighted by atomic mass is 35.5. The number of allylic oxidation sites excluding steroid dienone is 1. The van der Waals surface area contributed by atoms with E-state index in [9.17, 15) is 4.39 Å². The number of rotatable bonds is 6. The van der Waals surface area contributed by atoms with Crippen molar-refractivity contribution in [3.05, 3.63) is 46.8 Å². The minimum absolute atomic E-state index is 0.195. The summed E-state index contributed by atoms with van der Waals surface area (Å²) in [6, 6.07) is 5.16. The van der Waals surface area contributed by atoms with Crippen molar-refractivity contribution in [3.63, 3.8) is 0 Å². The smallest absolute Gasteiger partial charge is 0.126 e. The lowest BCUT2D eigenvalue weighted by atomic mass is 10.1. The van der Waals surface area contributed by atoms with Gasteiger partial charge < -0.3 is 5.32 Å². The second kappa shape index (κ2) is 7.46. The highest BCUT2D eigenvalue weighted by Crippen LogP contribution is 2.15. The van der Waals surface area contributed by atoms with E-state index in [2.05, 4.69) is 25.2 Å². The first-order chi connectivity index (χ1) is 8.09. The lowest BCUT2D eigenvalue weighted by Gasteiger charge is -2.05. The average molecular weight is 256 g/mol. The van der Waals surface area contributed by atoms with Gasteiger partial charge in [-0.3, -0.25) is 0 Å². The van der Waals surface area contributed by atoms with Crippen molar-refractivity contribution in [3.8, 4) is 0 Å². The zero-order chi connectivity index (χ0) is 12.7. The molecule has 0 heterocycles. The number of nitrogens with one attached hydrogen (secondary N) is 1. The molecular formula is C14H19ClFN. The third kappa shape index (κ3) is 5.85. The summed E-state index contributed by atoms with van der Waals surface area (Å²) in [7, 11) is 0. The second-order valence-corrected chi connectivity index (χ2v) is 4.75. The SMILES string of the molecule is CC(C)NCC/C=C/Cc1cc(Cl)ccc1F. The van der Waals surface area contributed by atoms with Gasteiger partial charge in [-0.15, -0.1) is 0 Å². The van der Waals surface area contributed by atoms with E-state index in [0.29, 0.717) is 23.0 Å². The van der Waals surface area contributed by atoms with Crippen LogP contribution in [0.4, 0.5) is 4.39 Å². The lowest BCUT2D eigenvalue weighted by Crippen LogP contribution is -2.23. The summed E-state index contributed by atoms with van der Waals surface area (Å²) in [6.07, 6.45) is 5.60. The summed E-state index contributed by atoms with van der Waals surface area (Å²) in [4.78, 5) is 0. The normalized spacial score (nSPS) is 11.6. The molecule has 1 aromatic carbocycles. The second-order valence-electron chi connectivity index (χ2n) is 4.31. The molecule has 0 aromatic heterocycles. The highest BCUT2D eigenvalue weighted by molar-refractivity contribution is 6.30. The van der Waals surface area contributed by atoms with Crippen LogP contribution in [0.5, 0.6) is 0 Å². The van der Waals surface area contributed by atoms with Gasteiger partial charge in [0.2, 0.25) is 0 Å². The fourth-order valence-corrected chi connectivity index (χ4v) is 1.68. The van der Waals surface area contributed by atoms with Crippen molar-refractivity contribution in [1.82, 2.24) is 5.32 Å². The van der Waals surface area contributed by atoms with E-state index in [0.717, 1.165) is 13.0 Å². The Kier molecular flexibility index (Phi) is 6.23. The van der Waals surface area contributed by atoms with Crippen molar-refractivity contribution in [2.75, 3.05) is 6.54 Å². The molecule has 0 unspecified atom stereocenters. The molecule has 0 bridgehead atoms. The van der Waals surface area contributed by atoms with Gasteiger partial charge in [-0.05, 0) is 43.1 Å². The van der Waals surface area contributed by atoms with Crippen molar-refractivity contribution >= 4 is 11.6 Å². The zero-order valence-corrected chi connectivity index (χ0v) is 11.1. The van der Waals surface area contributed by atoms with Gasteiger partial charge >= 0.3 is 0 Å². The molecule has 1 N–H and O–H groups in total. The average Bonchev–Trinajstić information content (AvgIpc) is 2.27. The minimum Gasteiger partial charge on any atom is -0.314 e. The fraction of sp³-hybridized carbons (Fsp3) is 0.429. The van der Waals surface area contributed by atoms with Crippen molar-refractivity contribution in [1.29, 1.82) is 0 Å². The van der Waals surface area contributed by atoms with Crippen molar-refractivity contribution < 1.29 is 4.39 Å². The Balaban J connectivity index is 2.34. The van der Waals surface area contributed by atoms with E-state index >= 15 is 0 Å². The van der Waals surface area contributed by atoms with Crippen molar-refractivity contribution in [2.45, 2.75) is 32.7 Å². The largest absolute Gasteiger partial charge is 0.314 e. The molecule has 0 atom stereocenters. The maximum absolute atomic E-state index is 13.3. The van der Waals surface area contributed by atoms with E-state index in [1.54, 1.807) is 12.1 Å². The molecular weight excluding hydrogens is 237 g/mol. The third-order valence-corrected chi connectivity index (χ3v) is 2.61. The Morgan fingerprint density at radius 1 is 1.35 bits per heavy atom. The van der Waals surface area contributed by atoms with Crippen LogP contribution in [0.15, 0.2) is 30.4 Å². The quantitative estimate of drug-likeness (QED) is 0.599. The van der Waals surface area contributed by atoms with Crippen LogP contribution in [0.25, 0.3) is 0 Å². The molecule has 0 aliphatic rings. The summed E-state index contributed by atoms with van der Waals surface area (Å²) in [6.45, 7) is 5.18. The summed E-state index contributed by atoms with van der Waals surface area (Å²) in [5, 5.41) is 3.90. The summed E-state index contributed by atoms with van der Waals surface area (Å²) < 4.78 is 13.3. The number of benzene rings is 1. The molecule has 0 radical (unpaired) electrons. The summed E-state index contributed by atoms with van der Waals surface area (Å²) >= 11 is 5.81. The fourth-order valence-electron chi connectivity index (χ4n) is 1.48. The Morgan fingerprint density at radius 2 is 2.12 bits per heavy atom. The molecule has 3 heteroatoms. The molecule has 0 saturated heterocycles. The van der Waals surface area contributed by atoms with Gasteiger partial charge in [0, 0.05) is 11.1 Å². The molecule has 0 amide bonds. The zero-order valence-electron chi connectivity index (χ0n) is 10.3. The van der Waals surface area contributed by atoms with Crippen LogP contribution in [0, 0.1) is 5.82 Å². The predicted molar refractivity (Wildman–Crippen MR) is 72.0 cm³/mol. The molecule has 0 saturated carbocycles. The van der Waals surface area contributed by atoms with Crippen LogP contribution in [0.3, 0.4) is 0 Å². The van der Waals surface area contributed by atoms with E-state index in [-0.39, 0.29) is 5.82 Å². The maximum atomic E-state index is 13.3. The molecule has 0 fully saturated rings. The molecule has 1 nitrogen and oxygen atoms in total. The van der Waals surface area contributed by atoms with Crippen LogP contribution in [0.2, 0.25) is 5.02 Å². The van der Waals surface area contributed by atoms with Gasteiger partial charge in [-0.25, -0.2) is 4.39 Å². The van der Waals surface area contributed by atoms with Gasteiger partial charge in [0.25, 0.3) is 0 Å². The molecule has 0 aliphatic heterocycles. The van der Waals surface area contributed by atoms with Gasteiger partial charge in [0.05, 0.1) is 0 Å². The lowest BCUT2D eigenvalue weighted by molar-refractivity contribution is 0.594. The van der Waals surface area contributed by atoms with E-state index in [4.69, 9.17) is 11.6 Å². The van der Waals surface area contributed by atoms with Gasteiger partial charge in [-0.2, -0.15) is 0 Å². The molecule has 94 valence electrons.